The first-order valence-electron chi connectivity index (χ1n) is 7.00. The van der Waals surface area contributed by atoms with Gasteiger partial charge in [0.25, 0.3) is 0 Å². The van der Waals surface area contributed by atoms with Crippen molar-refractivity contribution in [3.8, 4) is 0 Å². The van der Waals surface area contributed by atoms with Crippen molar-refractivity contribution in [3.63, 3.8) is 0 Å². The van der Waals surface area contributed by atoms with Crippen LogP contribution in [0.4, 0.5) is 0 Å². The molecule has 0 aliphatic carbocycles. The van der Waals surface area contributed by atoms with Crippen LogP contribution in [0.1, 0.15) is 40.5 Å². The van der Waals surface area contributed by atoms with Gasteiger partial charge in [-0.25, -0.2) is 0 Å². The van der Waals surface area contributed by atoms with Crippen LogP contribution in [0.25, 0.3) is 0 Å². The molecule has 1 saturated heterocycles. The lowest BCUT2D eigenvalue weighted by molar-refractivity contribution is 0.120. The lowest BCUT2D eigenvalue weighted by Crippen LogP contribution is -2.39. The van der Waals surface area contributed by atoms with Gasteiger partial charge in [0.1, 0.15) is 0 Å². The maximum Gasteiger partial charge on any atom is 0.0791 e. The summed E-state index contributed by atoms with van der Waals surface area (Å²) in [7, 11) is 0. The highest BCUT2D eigenvalue weighted by molar-refractivity contribution is 4.75. The Balaban J connectivity index is 2.09. The molecule has 102 valence electrons. The third-order valence-electron chi connectivity index (χ3n) is 3.98. The Morgan fingerprint density at radius 3 is 2.29 bits per heavy atom. The van der Waals surface area contributed by atoms with E-state index in [-0.39, 0.29) is 6.10 Å². The van der Waals surface area contributed by atoms with Crippen molar-refractivity contribution < 1.29 is 5.11 Å². The predicted octanol–water partition coefficient (Wildman–Crippen LogP) is 1.71. The van der Waals surface area contributed by atoms with E-state index in [0.717, 1.165) is 32.7 Å². The summed E-state index contributed by atoms with van der Waals surface area (Å²) in [4.78, 5) is 2.36. The summed E-state index contributed by atoms with van der Waals surface area (Å²) in [6.45, 7) is 13.9. The molecule has 1 heterocycles. The van der Waals surface area contributed by atoms with Gasteiger partial charge in [0.05, 0.1) is 6.10 Å². The van der Waals surface area contributed by atoms with E-state index in [1.54, 1.807) is 0 Å². The molecule has 1 fully saturated rings. The number of hydrogen-bond donors (Lipinski definition) is 2. The van der Waals surface area contributed by atoms with E-state index in [4.69, 9.17) is 0 Å². The molecule has 0 aromatic heterocycles. The topological polar surface area (TPSA) is 35.5 Å². The van der Waals surface area contributed by atoms with Crippen LogP contribution in [-0.2, 0) is 0 Å². The number of likely N-dealkylation sites (tertiary alicyclic amines) is 1. The van der Waals surface area contributed by atoms with Crippen LogP contribution in [0, 0.1) is 11.3 Å². The molecule has 17 heavy (non-hydrogen) atoms. The van der Waals surface area contributed by atoms with Crippen molar-refractivity contribution in [1.29, 1.82) is 0 Å². The fourth-order valence-electron chi connectivity index (χ4n) is 2.10. The molecule has 1 rings (SSSR count). The number of nitrogens with one attached hydrogen (secondary N) is 1. The third-order valence-corrected chi connectivity index (χ3v) is 3.98. The predicted molar refractivity (Wildman–Crippen MR) is 73.2 cm³/mol. The van der Waals surface area contributed by atoms with Gasteiger partial charge in [-0.1, -0.05) is 27.7 Å². The molecular formula is C14H30N2O. The number of aliphatic hydroxyl groups is 1. The molecule has 0 aromatic carbocycles. The van der Waals surface area contributed by atoms with Gasteiger partial charge in [-0.3, -0.25) is 0 Å². The summed E-state index contributed by atoms with van der Waals surface area (Å²) in [6, 6.07) is 0. The van der Waals surface area contributed by atoms with Crippen LogP contribution in [0.2, 0.25) is 0 Å². The summed E-state index contributed by atoms with van der Waals surface area (Å²) in [6.07, 6.45) is 2.36. The zero-order valence-electron chi connectivity index (χ0n) is 12.0. The number of rotatable bonds is 6. The molecule has 2 unspecified atom stereocenters. The van der Waals surface area contributed by atoms with Crippen LogP contribution >= 0.6 is 0 Å². The highest BCUT2D eigenvalue weighted by Crippen LogP contribution is 2.24. The van der Waals surface area contributed by atoms with Gasteiger partial charge >= 0.3 is 0 Å². The molecule has 2 atom stereocenters. The highest BCUT2D eigenvalue weighted by Gasteiger charge is 2.20. The zero-order valence-corrected chi connectivity index (χ0v) is 12.0. The van der Waals surface area contributed by atoms with Gasteiger partial charge in [0.2, 0.25) is 0 Å². The first kappa shape index (κ1) is 14.9. The van der Waals surface area contributed by atoms with Gasteiger partial charge in [0.15, 0.2) is 0 Å². The Morgan fingerprint density at radius 1 is 1.18 bits per heavy atom. The largest absolute Gasteiger partial charge is 0.390 e. The highest BCUT2D eigenvalue weighted by atomic mass is 16.3. The fraction of sp³-hybridized carbons (Fsp3) is 1.00. The summed E-state index contributed by atoms with van der Waals surface area (Å²) in [5.74, 6) is 0.626. The summed E-state index contributed by atoms with van der Waals surface area (Å²) in [5.41, 5.74) is 0.340. The Labute approximate surface area is 107 Å². The number of nitrogens with zero attached hydrogens (tertiary/aromatic N) is 1. The minimum absolute atomic E-state index is 0.222. The quantitative estimate of drug-likeness (QED) is 0.744. The minimum Gasteiger partial charge on any atom is -0.390 e. The van der Waals surface area contributed by atoms with Crippen LogP contribution in [0.3, 0.4) is 0 Å². The molecule has 0 radical (unpaired) electrons. The van der Waals surface area contributed by atoms with Crippen molar-refractivity contribution in [2.45, 2.75) is 46.6 Å². The molecule has 2 N–H and O–H groups in total. The van der Waals surface area contributed by atoms with Gasteiger partial charge in [-0.2, -0.15) is 0 Å². The standard InChI is InChI=1S/C14H30N2O/c1-12(14(2,3)4)9-15-10-13(17)11-16-7-5-6-8-16/h12-13,15,17H,5-11H2,1-4H3. The van der Waals surface area contributed by atoms with E-state index in [9.17, 15) is 5.11 Å². The SMILES string of the molecule is CC(CNCC(O)CN1CCCC1)C(C)(C)C. The summed E-state index contributed by atoms with van der Waals surface area (Å²) in [5, 5.41) is 13.3. The molecule has 0 amide bonds. The van der Waals surface area contributed by atoms with E-state index < -0.39 is 0 Å². The van der Waals surface area contributed by atoms with Gasteiger partial charge < -0.3 is 15.3 Å². The molecule has 3 heteroatoms. The smallest absolute Gasteiger partial charge is 0.0791 e. The molecule has 1 aliphatic rings. The maximum atomic E-state index is 9.92. The van der Waals surface area contributed by atoms with E-state index in [2.05, 4.69) is 37.9 Å². The van der Waals surface area contributed by atoms with Gasteiger partial charge in [-0.15, -0.1) is 0 Å². The molecule has 0 spiro atoms. The molecule has 3 nitrogen and oxygen atoms in total. The minimum atomic E-state index is -0.222. The van der Waals surface area contributed by atoms with E-state index >= 15 is 0 Å². The average Bonchev–Trinajstić information content (AvgIpc) is 2.68. The normalized spacial score (nSPS) is 21.7. The van der Waals surface area contributed by atoms with E-state index in [1.165, 1.54) is 12.8 Å². The summed E-state index contributed by atoms with van der Waals surface area (Å²) >= 11 is 0. The number of β-amino-alcohol motifs (C(OH)–C–C–N with tert-alkyl or cyclic N) is 1. The van der Waals surface area contributed by atoms with Crippen LogP contribution < -0.4 is 5.32 Å². The number of aliphatic hydroxyl groups excluding tert-OH is 1. The summed E-state index contributed by atoms with van der Waals surface area (Å²) < 4.78 is 0. The Kier molecular flexibility index (Phi) is 5.90. The van der Waals surface area contributed by atoms with Crippen molar-refractivity contribution in [2.75, 3.05) is 32.7 Å². The fourth-order valence-corrected chi connectivity index (χ4v) is 2.10. The van der Waals surface area contributed by atoms with E-state index in [1.807, 2.05) is 0 Å². The average molecular weight is 242 g/mol. The monoisotopic (exact) mass is 242 g/mol. The molecule has 0 aromatic rings. The lowest BCUT2D eigenvalue weighted by Gasteiger charge is -2.28. The molecule has 1 aliphatic heterocycles. The Hall–Kier alpha value is -0.120. The van der Waals surface area contributed by atoms with E-state index in [0.29, 0.717) is 11.3 Å². The molecular weight excluding hydrogens is 212 g/mol. The molecule has 0 saturated carbocycles. The second-order valence-electron chi connectivity index (χ2n) is 6.59. The maximum absolute atomic E-state index is 9.92. The van der Waals surface area contributed by atoms with Crippen LogP contribution in [-0.4, -0.2) is 48.8 Å². The van der Waals surface area contributed by atoms with Crippen molar-refractivity contribution in [1.82, 2.24) is 10.2 Å². The van der Waals surface area contributed by atoms with Crippen LogP contribution in [0.15, 0.2) is 0 Å². The first-order valence-corrected chi connectivity index (χ1v) is 7.00. The first-order chi connectivity index (χ1) is 7.89. The van der Waals surface area contributed by atoms with Crippen molar-refractivity contribution in [2.24, 2.45) is 11.3 Å². The second kappa shape index (κ2) is 6.72. The lowest BCUT2D eigenvalue weighted by atomic mass is 9.82. The third kappa shape index (κ3) is 5.84. The Bertz CT molecular complexity index is 207. The second-order valence-corrected chi connectivity index (χ2v) is 6.59. The van der Waals surface area contributed by atoms with Crippen molar-refractivity contribution >= 4 is 0 Å². The van der Waals surface area contributed by atoms with Crippen LogP contribution in [0.5, 0.6) is 0 Å². The Morgan fingerprint density at radius 2 is 1.76 bits per heavy atom. The molecule has 0 bridgehead atoms. The van der Waals surface area contributed by atoms with Gasteiger partial charge in [0, 0.05) is 13.1 Å². The van der Waals surface area contributed by atoms with Gasteiger partial charge in [-0.05, 0) is 43.8 Å². The van der Waals surface area contributed by atoms with Crippen molar-refractivity contribution in [3.05, 3.63) is 0 Å². The number of hydrogen-bond acceptors (Lipinski definition) is 3. The zero-order chi connectivity index (χ0) is 12.9.